The van der Waals surface area contributed by atoms with Gasteiger partial charge in [-0.05, 0) is 61.2 Å². The van der Waals surface area contributed by atoms with E-state index in [4.69, 9.17) is 9.47 Å². The van der Waals surface area contributed by atoms with Crippen molar-refractivity contribution >= 4 is 21.4 Å². The summed E-state index contributed by atoms with van der Waals surface area (Å²) in [6.45, 7) is 4.78. The fraction of sp³-hybridized carbons (Fsp3) is 0.458. The number of benzene rings is 2. The highest BCUT2D eigenvalue weighted by molar-refractivity contribution is 7.91. The summed E-state index contributed by atoms with van der Waals surface area (Å²) < 4.78 is 35.9. The van der Waals surface area contributed by atoms with E-state index in [2.05, 4.69) is 6.07 Å². The lowest BCUT2D eigenvalue weighted by Gasteiger charge is -2.43. The normalized spacial score (nSPS) is 22.6. The van der Waals surface area contributed by atoms with Crippen LogP contribution in [0.25, 0.3) is 0 Å². The maximum atomic E-state index is 13.2. The molecule has 0 aromatic heterocycles. The van der Waals surface area contributed by atoms with Gasteiger partial charge in [-0.2, -0.15) is 0 Å². The Bertz CT molecular complexity index is 1110. The van der Waals surface area contributed by atoms with Gasteiger partial charge in [0.15, 0.2) is 21.3 Å². The average Bonchev–Trinajstić information content (AvgIpc) is 3.05. The molecule has 2 aromatic carbocycles. The molecule has 2 aromatic rings. The Labute approximate surface area is 189 Å². The summed E-state index contributed by atoms with van der Waals surface area (Å²) >= 11 is 0. The van der Waals surface area contributed by atoms with Crippen molar-refractivity contribution in [3.8, 4) is 11.5 Å². The van der Waals surface area contributed by atoms with Crippen LogP contribution in [0, 0.1) is 13.8 Å². The highest BCUT2D eigenvalue weighted by atomic mass is 32.2. The van der Waals surface area contributed by atoms with Crippen LogP contribution in [0.3, 0.4) is 0 Å². The first-order valence-electron chi connectivity index (χ1n) is 10.8. The number of hydrogen-bond donors (Lipinski definition) is 0. The number of carbonyl (C=O) groups is 1. The van der Waals surface area contributed by atoms with Crippen molar-refractivity contribution in [2.24, 2.45) is 0 Å². The minimum atomic E-state index is -3.22. The van der Waals surface area contributed by atoms with Gasteiger partial charge in [0, 0.05) is 18.3 Å². The number of methoxy groups -OCH3 is 2. The van der Waals surface area contributed by atoms with E-state index in [1.807, 2.05) is 49.1 Å². The monoisotopic (exact) mass is 458 g/mol. The average molecular weight is 459 g/mol. The van der Waals surface area contributed by atoms with Crippen molar-refractivity contribution in [1.82, 2.24) is 4.90 Å². The Morgan fingerprint density at radius 1 is 0.938 bits per heavy atom. The van der Waals surface area contributed by atoms with Crippen LogP contribution < -0.4 is 14.4 Å². The van der Waals surface area contributed by atoms with Crippen LogP contribution >= 0.6 is 0 Å². The van der Waals surface area contributed by atoms with Crippen LogP contribution in [0.4, 0.5) is 5.69 Å². The lowest BCUT2D eigenvalue weighted by Crippen LogP contribution is -2.62. The quantitative estimate of drug-likeness (QED) is 0.662. The predicted octanol–water partition coefficient (Wildman–Crippen LogP) is 2.38. The Kier molecular flexibility index (Phi) is 6.18. The van der Waals surface area contributed by atoms with E-state index < -0.39 is 9.84 Å². The molecular weight excluding hydrogens is 428 g/mol. The standard InChI is InChI=1S/C24H30N2O5S/c1-16-9-17(2)11-19(10-16)26-21-15-32(28,29)14-20(21)25(13-24(26)27)8-7-18-5-6-22(30-3)23(12-18)31-4/h5-6,9-12,20-21H,7-8,13-15H2,1-4H3. The summed E-state index contributed by atoms with van der Waals surface area (Å²) in [5.74, 6) is 1.35. The third-order valence-corrected chi connectivity index (χ3v) is 8.02. The van der Waals surface area contributed by atoms with E-state index in [9.17, 15) is 13.2 Å². The molecule has 2 saturated heterocycles. The number of nitrogens with zero attached hydrogens (tertiary/aromatic N) is 2. The molecule has 0 bridgehead atoms. The lowest BCUT2D eigenvalue weighted by atomic mass is 10.0. The van der Waals surface area contributed by atoms with Crippen LogP contribution in [0.1, 0.15) is 16.7 Å². The molecule has 2 aliphatic rings. The molecule has 2 atom stereocenters. The number of hydrogen-bond acceptors (Lipinski definition) is 6. The number of amides is 1. The highest BCUT2D eigenvalue weighted by Crippen LogP contribution is 2.33. The number of carbonyl (C=O) groups excluding carboxylic acids is 1. The van der Waals surface area contributed by atoms with E-state index in [0.29, 0.717) is 24.5 Å². The van der Waals surface area contributed by atoms with Crippen molar-refractivity contribution in [1.29, 1.82) is 0 Å². The minimum absolute atomic E-state index is 0.00323. The maximum absolute atomic E-state index is 13.2. The maximum Gasteiger partial charge on any atom is 0.241 e. The summed E-state index contributed by atoms with van der Waals surface area (Å²) in [6, 6.07) is 11.2. The van der Waals surface area contributed by atoms with Crippen LogP contribution in [0.15, 0.2) is 36.4 Å². The molecule has 0 radical (unpaired) electrons. The molecule has 2 fully saturated rings. The van der Waals surface area contributed by atoms with Gasteiger partial charge in [-0.25, -0.2) is 8.42 Å². The van der Waals surface area contributed by atoms with Gasteiger partial charge in [-0.3, -0.25) is 9.69 Å². The number of piperazine rings is 1. The Hall–Kier alpha value is -2.58. The molecule has 2 unspecified atom stereocenters. The number of aryl methyl sites for hydroxylation is 2. The first kappa shape index (κ1) is 22.6. The summed E-state index contributed by atoms with van der Waals surface area (Å²) in [6.07, 6.45) is 0.681. The number of sulfone groups is 1. The fourth-order valence-electron chi connectivity index (χ4n) is 4.94. The second-order valence-corrected chi connectivity index (χ2v) is 10.9. The first-order chi connectivity index (χ1) is 15.2. The number of ether oxygens (including phenoxy) is 2. The number of fused-ring (bicyclic) bond motifs is 1. The van der Waals surface area contributed by atoms with Crippen LogP contribution in [0.5, 0.6) is 11.5 Å². The van der Waals surface area contributed by atoms with Crippen LogP contribution in [-0.2, 0) is 21.1 Å². The van der Waals surface area contributed by atoms with Crippen molar-refractivity contribution < 1.29 is 22.7 Å². The van der Waals surface area contributed by atoms with Crippen LogP contribution in [-0.4, -0.2) is 70.1 Å². The van der Waals surface area contributed by atoms with Gasteiger partial charge in [0.1, 0.15) is 0 Å². The van der Waals surface area contributed by atoms with Gasteiger partial charge >= 0.3 is 0 Å². The molecule has 0 spiro atoms. The molecule has 1 amide bonds. The summed E-state index contributed by atoms with van der Waals surface area (Å²) in [5.41, 5.74) is 3.95. The molecule has 7 nitrogen and oxygen atoms in total. The van der Waals surface area contributed by atoms with Crippen molar-refractivity contribution in [2.45, 2.75) is 32.4 Å². The smallest absolute Gasteiger partial charge is 0.241 e. The molecule has 0 aliphatic carbocycles. The van der Waals surface area contributed by atoms with E-state index in [1.165, 1.54) is 0 Å². The zero-order valence-electron chi connectivity index (χ0n) is 19.0. The second-order valence-electron chi connectivity index (χ2n) is 8.73. The molecule has 8 heteroatoms. The Morgan fingerprint density at radius 3 is 2.25 bits per heavy atom. The zero-order valence-corrected chi connectivity index (χ0v) is 19.8. The van der Waals surface area contributed by atoms with Gasteiger partial charge in [-0.1, -0.05) is 12.1 Å². The van der Waals surface area contributed by atoms with E-state index in [1.54, 1.807) is 19.1 Å². The summed E-state index contributed by atoms with van der Waals surface area (Å²) in [7, 11) is -0.0271. The fourth-order valence-corrected chi connectivity index (χ4v) is 6.92. The molecular formula is C24H30N2O5S. The Morgan fingerprint density at radius 2 is 1.59 bits per heavy atom. The van der Waals surface area contributed by atoms with Crippen molar-refractivity contribution in [2.75, 3.05) is 43.7 Å². The van der Waals surface area contributed by atoms with E-state index >= 15 is 0 Å². The van der Waals surface area contributed by atoms with Gasteiger partial charge in [0.2, 0.25) is 5.91 Å². The Balaban J connectivity index is 1.58. The summed E-state index contributed by atoms with van der Waals surface area (Å²) in [5, 5.41) is 0. The first-order valence-corrected chi connectivity index (χ1v) is 12.6. The third kappa shape index (κ3) is 4.47. The highest BCUT2D eigenvalue weighted by Gasteiger charge is 2.49. The number of rotatable bonds is 6. The minimum Gasteiger partial charge on any atom is -0.493 e. The zero-order chi connectivity index (χ0) is 23.0. The van der Waals surface area contributed by atoms with E-state index in [-0.39, 0.29) is 36.0 Å². The van der Waals surface area contributed by atoms with Gasteiger partial charge < -0.3 is 14.4 Å². The molecule has 172 valence electrons. The summed E-state index contributed by atoms with van der Waals surface area (Å²) in [4.78, 5) is 17.0. The molecule has 4 rings (SSSR count). The third-order valence-electron chi connectivity index (χ3n) is 6.32. The van der Waals surface area contributed by atoms with Gasteiger partial charge in [0.05, 0.1) is 38.3 Å². The topological polar surface area (TPSA) is 76.2 Å². The predicted molar refractivity (Wildman–Crippen MR) is 124 cm³/mol. The van der Waals surface area contributed by atoms with Crippen LogP contribution in [0.2, 0.25) is 0 Å². The molecule has 2 aliphatic heterocycles. The SMILES string of the molecule is COc1ccc(CCN2CC(=O)N(c3cc(C)cc(C)c3)C3CS(=O)(=O)CC32)cc1OC. The molecule has 2 heterocycles. The van der Waals surface area contributed by atoms with Gasteiger partial charge in [0.25, 0.3) is 0 Å². The van der Waals surface area contributed by atoms with Gasteiger partial charge in [-0.15, -0.1) is 0 Å². The largest absolute Gasteiger partial charge is 0.493 e. The van der Waals surface area contributed by atoms with Crippen molar-refractivity contribution in [3.63, 3.8) is 0 Å². The lowest BCUT2D eigenvalue weighted by molar-refractivity contribution is -0.123. The molecule has 32 heavy (non-hydrogen) atoms. The second kappa shape index (κ2) is 8.75. The molecule has 0 saturated carbocycles. The van der Waals surface area contributed by atoms with Crippen molar-refractivity contribution in [3.05, 3.63) is 53.1 Å². The number of anilines is 1. The molecule has 0 N–H and O–H groups in total. The van der Waals surface area contributed by atoms with E-state index in [0.717, 1.165) is 22.4 Å².